The molecule has 2 aromatic carbocycles. The van der Waals surface area contributed by atoms with Gasteiger partial charge in [0.05, 0.1) is 6.04 Å². The van der Waals surface area contributed by atoms with Gasteiger partial charge in [-0.1, -0.05) is 45.7 Å². The largest absolute Gasteiger partial charge is 0.320 e. The van der Waals surface area contributed by atoms with Crippen molar-refractivity contribution in [3.63, 3.8) is 0 Å². The minimum Gasteiger partial charge on any atom is -0.320 e. The van der Waals surface area contributed by atoms with E-state index in [1.54, 1.807) is 12.1 Å². The number of rotatable bonds is 2. The van der Waals surface area contributed by atoms with Crippen LogP contribution in [0.15, 0.2) is 40.9 Å². The van der Waals surface area contributed by atoms with E-state index in [0.29, 0.717) is 10.6 Å². The summed E-state index contributed by atoms with van der Waals surface area (Å²) in [5.74, 6) is -0.383. The van der Waals surface area contributed by atoms with Gasteiger partial charge in [0, 0.05) is 15.1 Å². The molecular weight excluding hydrogens is 317 g/mol. The molecule has 1 atom stereocenters. The van der Waals surface area contributed by atoms with E-state index in [0.717, 1.165) is 15.6 Å². The predicted molar refractivity (Wildman–Crippen MR) is 76.3 cm³/mol. The van der Waals surface area contributed by atoms with Crippen molar-refractivity contribution in [3.8, 4) is 0 Å². The molecule has 0 saturated heterocycles. The zero-order valence-corrected chi connectivity index (χ0v) is 12.1. The summed E-state index contributed by atoms with van der Waals surface area (Å²) in [5.41, 5.74) is 8.49. The maximum atomic E-state index is 13.8. The molecule has 0 saturated carbocycles. The highest BCUT2D eigenvalue weighted by Crippen LogP contribution is 2.27. The number of halogens is 3. The van der Waals surface area contributed by atoms with E-state index in [1.165, 1.54) is 6.07 Å². The van der Waals surface area contributed by atoms with Gasteiger partial charge < -0.3 is 5.73 Å². The Bertz CT molecular complexity index is 586. The molecule has 94 valence electrons. The normalized spacial score (nSPS) is 12.5. The monoisotopic (exact) mass is 327 g/mol. The Balaban J connectivity index is 2.41. The van der Waals surface area contributed by atoms with Crippen molar-refractivity contribution in [2.45, 2.75) is 13.0 Å². The van der Waals surface area contributed by atoms with Crippen LogP contribution < -0.4 is 5.73 Å². The van der Waals surface area contributed by atoms with Crippen LogP contribution in [0.2, 0.25) is 5.02 Å². The lowest BCUT2D eigenvalue weighted by Crippen LogP contribution is -2.13. The smallest absolute Gasteiger partial charge is 0.129 e. The van der Waals surface area contributed by atoms with Crippen LogP contribution in [-0.2, 0) is 0 Å². The third-order valence-corrected chi connectivity index (χ3v) is 3.94. The highest BCUT2D eigenvalue weighted by atomic mass is 79.9. The van der Waals surface area contributed by atoms with Crippen molar-refractivity contribution in [2.75, 3.05) is 0 Å². The van der Waals surface area contributed by atoms with Gasteiger partial charge in [-0.25, -0.2) is 4.39 Å². The number of hydrogen-bond acceptors (Lipinski definition) is 1. The second-order valence-electron chi connectivity index (χ2n) is 4.15. The van der Waals surface area contributed by atoms with Crippen molar-refractivity contribution in [3.05, 3.63) is 68.4 Å². The fourth-order valence-electron chi connectivity index (χ4n) is 1.74. The molecule has 1 nitrogen and oxygen atoms in total. The highest BCUT2D eigenvalue weighted by molar-refractivity contribution is 9.10. The SMILES string of the molecule is Cc1ccc(C(N)c2ccc(Cl)cc2F)cc1Br. The minimum atomic E-state index is -0.501. The lowest BCUT2D eigenvalue weighted by molar-refractivity contribution is 0.600. The van der Waals surface area contributed by atoms with Crippen LogP contribution in [0, 0.1) is 12.7 Å². The highest BCUT2D eigenvalue weighted by Gasteiger charge is 2.14. The van der Waals surface area contributed by atoms with E-state index in [1.807, 2.05) is 25.1 Å². The average Bonchev–Trinajstić information content (AvgIpc) is 2.32. The Morgan fingerprint density at radius 2 is 1.94 bits per heavy atom. The summed E-state index contributed by atoms with van der Waals surface area (Å²) in [6, 6.07) is 9.80. The fourth-order valence-corrected chi connectivity index (χ4v) is 2.29. The Hall–Kier alpha value is -0.900. The third-order valence-electron chi connectivity index (χ3n) is 2.85. The standard InChI is InChI=1S/C14H12BrClFN/c1-8-2-3-9(6-12(8)15)14(18)11-5-4-10(16)7-13(11)17/h2-7,14H,18H2,1H3. The second-order valence-corrected chi connectivity index (χ2v) is 5.44. The zero-order valence-electron chi connectivity index (χ0n) is 9.75. The van der Waals surface area contributed by atoms with Crippen LogP contribution in [0.1, 0.15) is 22.7 Å². The van der Waals surface area contributed by atoms with Gasteiger partial charge in [-0.15, -0.1) is 0 Å². The Morgan fingerprint density at radius 3 is 2.56 bits per heavy atom. The van der Waals surface area contributed by atoms with E-state index < -0.39 is 6.04 Å². The van der Waals surface area contributed by atoms with Gasteiger partial charge in [0.25, 0.3) is 0 Å². The maximum absolute atomic E-state index is 13.8. The Kier molecular flexibility index (Phi) is 4.05. The molecule has 0 heterocycles. The van der Waals surface area contributed by atoms with E-state index in [-0.39, 0.29) is 5.82 Å². The number of nitrogens with two attached hydrogens (primary N) is 1. The van der Waals surface area contributed by atoms with E-state index in [9.17, 15) is 4.39 Å². The molecule has 18 heavy (non-hydrogen) atoms. The Morgan fingerprint density at radius 1 is 1.22 bits per heavy atom. The molecule has 0 radical (unpaired) electrons. The molecule has 2 rings (SSSR count). The molecule has 0 spiro atoms. The molecule has 0 aliphatic rings. The van der Waals surface area contributed by atoms with Gasteiger partial charge in [-0.05, 0) is 36.2 Å². The molecule has 0 bridgehead atoms. The molecule has 0 aromatic heterocycles. The summed E-state index contributed by atoms with van der Waals surface area (Å²) in [5, 5.41) is 0.369. The molecule has 0 fully saturated rings. The zero-order chi connectivity index (χ0) is 13.3. The van der Waals surface area contributed by atoms with E-state index >= 15 is 0 Å². The molecule has 0 amide bonds. The second kappa shape index (κ2) is 5.39. The van der Waals surface area contributed by atoms with Crippen molar-refractivity contribution >= 4 is 27.5 Å². The van der Waals surface area contributed by atoms with Crippen molar-refractivity contribution < 1.29 is 4.39 Å². The molecule has 2 aromatic rings. The van der Waals surface area contributed by atoms with Crippen LogP contribution in [0.5, 0.6) is 0 Å². The molecule has 2 N–H and O–H groups in total. The van der Waals surface area contributed by atoms with E-state index in [2.05, 4.69) is 15.9 Å². The molecule has 4 heteroatoms. The van der Waals surface area contributed by atoms with Gasteiger partial charge >= 0.3 is 0 Å². The van der Waals surface area contributed by atoms with Crippen molar-refractivity contribution in [1.82, 2.24) is 0 Å². The van der Waals surface area contributed by atoms with Crippen molar-refractivity contribution in [2.24, 2.45) is 5.73 Å². The van der Waals surface area contributed by atoms with Crippen molar-refractivity contribution in [1.29, 1.82) is 0 Å². The van der Waals surface area contributed by atoms with Gasteiger partial charge in [0.1, 0.15) is 5.82 Å². The van der Waals surface area contributed by atoms with Gasteiger partial charge in [-0.3, -0.25) is 0 Å². The summed E-state index contributed by atoms with van der Waals surface area (Å²) >= 11 is 9.17. The molecule has 0 aliphatic carbocycles. The van der Waals surface area contributed by atoms with Crippen LogP contribution in [0.3, 0.4) is 0 Å². The summed E-state index contributed by atoms with van der Waals surface area (Å²) in [6.07, 6.45) is 0. The van der Waals surface area contributed by atoms with E-state index in [4.69, 9.17) is 17.3 Å². The first-order chi connectivity index (χ1) is 8.49. The van der Waals surface area contributed by atoms with Crippen LogP contribution in [-0.4, -0.2) is 0 Å². The summed E-state index contributed by atoms with van der Waals surface area (Å²) in [6.45, 7) is 1.99. The number of benzene rings is 2. The number of hydrogen-bond donors (Lipinski definition) is 1. The van der Waals surface area contributed by atoms with Gasteiger partial charge in [-0.2, -0.15) is 0 Å². The first kappa shape index (κ1) is 13.5. The topological polar surface area (TPSA) is 26.0 Å². The summed E-state index contributed by atoms with van der Waals surface area (Å²) in [4.78, 5) is 0. The molecular formula is C14H12BrClFN. The lowest BCUT2D eigenvalue weighted by Gasteiger charge is -2.14. The quantitative estimate of drug-likeness (QED) is 0.856. The summed E-state index contributed by atoms with van der Waals surface area (Å²) < 4.78 is 14.8. The van der Waals surface area contributed by atoms with Gasteiger partial charge in [0.2, 0.25) is 0 Å². The van der Waals surface area contributed by atoms with Crippen LogP contribution >= 0.6 is 27.5 Å². The first-order valence-electron chi connectivity index (χ1n) is 5.45. The fraction of sp³-hybridized carbons (Fsp3) is 0.143. The van der Waals surface area contributed by atoms with Crippen LogP contribution in [0.25, 0.3) is 0 Å². The minimum absolute atomic E-state index is 0.369. The lowest BCUT2D eigenvalue weighted by atomic mass is 9.98. The first-order valence-corrected chi connectivity index (χ1v) is 6.62. The molecule has 1 unspecified atom stereocenters. The molecule has 0 aliphatic heterocycles. The maximum Gasteiger partial charge on any atom is 0.129 e. The third kappa shape index (κ3) is 2.74. The Labute approximate surface area is 119 Å². The summed E-state index contributed by atoms with van der Waals surface area (Å²) in [7, 11) is 0. The van der Waals surface area contributed by atoms with Crippen LogP contribution in [0.4, 0.5) is 4.39 Å². The predicted octanol–water partition coefficient (Wildman–Crippen LogP) is 4.60. The number of aryl methyl sites for hydroxylation is 1. The average molecular weight is 329 g/mol. The van der Waals surface area contributed by atoms with Gasteiger partial charge in [0.15, 0.2) is 0 Å².